The minimum absolute atomic E-state index is 0.139. The SMILES string of the molecule is CC(=O)NS(=O)(=O)N1CCC(N)(c2cccc(C(=O)O)c2)CC1. The molecule has 23 heavy (non-hydrogen) atoms. The number of rotatable bonds is 4. The lowest BCUT2D eigenvalue weighted by molar-refractivity contribution is -0.117. The zero-order chi connectivity index (χ0) is 17.3. The second-order valence-electron chi connectivity index (χ2n) is 5.60. The van der Waals surface area contributed by atoms with Crippen LogP contribution in [0.5, 0.6) is 0 Å². The predicted octanol–water partition coefficient (Wildman–Crippen LogP) is 0.0155. The summed E-state index contributed by atoms with van der Waals surface area (Å²) in [7, 11) is -3.85. The molecule has 1 aromatic rings. The lowest BCUT2D eigenvalue weighted by atomic mass is 9.82. The number of amides is 1. The minimum atomic E-state index is -3.85. The zero-order valence-corrected chi connectivity index (χ0v) is 13.5. The molecule has 9 heteroatoms. The topological polar surface area (TPSA) is 130 Å². The molecule has 2 rings (SSSR count). The molecule has 0 unspecified atom stereocenters. The number of hydrogen-bond acceptors (Lipinski definition) is 5. The molecular weight excluding hydrogens is 322 g/mol. The number of nitrogens with one attached hydrogen (secondary N) is 1. The van der Waals surface area contributed by atoms with Crippen molar-refractivity contribution in [1.29, 1.82) is 0 Å². The van der Waals surface area contributed by atoms with Crippen LogP contribution in [-0.2, 0) is 20.5 Å². The van der Waals surface area contributed by atoms with Gasteiger partial charge in [-0.15, -0.1) is 0 Å². The van der Waals surface area contributed by atoms with E-state index in [-0.39, 0.29) is 18.7 Å². The second-order valence-corrected chi connectivity index (χ2v) is 7.28. The minimum Gasteiger partial charge on any atom is -0.478 e. The maximum absolute atomic E-state index is 12.0. The van der Waals surface area contributed by atoms with Gasteiger partial charge < -0.3 is 10.8 Å². The van der Waals surface area contributed by atoms with Crippen LogP contribution in [0.2, 0.25) is 0 Å². The number of carbonyl (C=O) groups is 2. The Hall–Kier alpha value is -1.97. The number of nitrogens with two attached hydrogens (primary N) is 1. The van der Waals surface area contributed by atoms with Crippen molar-refractivity contribution in [3.63, 3.8) is 0 Å². The molecule has 0 saturated carbocycles. The van der Waals surface area contributed by atoms with Crippen LogP contribution in [0.25, 0.3) is 0 Å². The highest BCUT2D eigenvalue weighted by molar-refractivity contribution is 7.87. The molecule has 0 radical (unpaired) electrons. The Morgan fingerprint density at radius 1 is 1.30 bits per heavy atom. The molecule has 0 bridgehead atoms. The van der Waals surface area contributed by atoms with Crippen molar-refractivity contribution in [2.75, 3.05) is 13.1 Å². The van der Waals surface area contributed by atoms with Crippen LogP contribution in [0.1, 0.15) is 35.7 Å². The van der Waals surface area contributed by atoms with Crippen molar-refractivity contribution in [2.45, 2.75) is 25.3 Å². The highest BCUT2D eigenvalue weighted by Gasteiger charge is 2.37. The summed E-state index contributed by atoms with van der Waals surface area (Å²) < 4.78 is 27.0. The van der Waals surface area contributed by atoms with E-state index in [1.807, 2.05) is 4.72 Å². The molecule has 1 amide bonds. The number of carbonyl (C=O) groups excluding carboxylic acids is 1. The van der Waals surface area contributed by atoms with Gasteiger partial charge in [0.15, 0.2) is 0 Å². The van der Waals surface area contributed by atoms with Crippen molar-refractivity contribution in [1.82, 2.24) is 9.03 Å². The molecule has 1 heterocycles. The molecule has 0 aromatic heterocycles. The summed E-state index contributed by atoms with van der Waals surface area (Å²) in [6, 6.07) is 6.35. The molecule has 1 saturated heterocycles. The number of nitrogens with zero attached hydrogens (tertiary/aromatic N) is 1. The summed E-state index contributed by atoms with van der Waals surface area (Å²) >= 11 is 0. The van der Waals surface area contributed by atoms with Crippen molar-refractivity contribution >= 4 is 22.1 Å². The lowest BCUT2D eigenvalue weighted by Gasteiger charge is -2.38. The van der Waals surface area contributed by atoms with Gasteiger partial charge in [0.05, 0.1) is 5.56 Å². The fraction of sp³-hybridized carbons (Fsp3) is 0.429. The Morgan fingerprint density at radius 3 is 2.43 bits per heavy atom. The molecule has 1 aliphatic heterocycles. The van der Waals surface area contributed by atoms with Crippen LogP contribution >= 0.6 is 0 Å². The Morgan fingerprint density at radius 2 is 1.91 bits per heavy atom. The van der Waals surface area contributed by atoms with Gasteiger partial charge in [-0.1, -0.05) is 12.1 Å². The third-order valence-electron chi connectivity index (χ3n) is 3.91. The number of carboxylic acid groups (broad SMARTS) is 1. The standard InChI is InChI=1S/C14H19N3O5S/c1-10(18)16-23(21,22)17-7-5-14(15,6-8-17)12-4-2-3-11(9-12)13(19)20/h2-4,9H,5-8,15H2,1H3,(H,16,18)(H,19,20). The number of aromatic carboxylic acids is 1. The van der Waals surface area contributed by atoms with Crippen LogP contribution in [0.3, 0.4) is 0 Å². The summed E-state index contributed by atoms with van der Waals surface area (Å²) in [6.45, 7) is 1.43. The third kappa shape index (κ3) is 3.87. The van der Waals surface area contributed by atoms with Gasteiger partial charge in [-0.3, -0.25) is 4.79 Å². The van der Waals surface area contributed by atoms with Gasteiger partial charge in [-0.25, -0.2) is 9.52 Å². The van der Waals surface area contributed by atoms with Crippen LogP contribution in [0.15, 0.2) is 24.3 Å². The van der Waals surface area contributed by atoms with Gasteiger partial charge in [0, 0.05) is 25.6 Å². The smallest absolute Gasteiger partial charge is 0.335 e. The van der Waals surface area contributed by atoms with Gasteiger partial charge >= 0.3 is 16.2 Å². The van der Waals surface area contributed by atoms with Crippen molar-refractivity contribution in [2.24, 2.45) is 5.73 Å². The molecule has 4 N–H and O–H groups in total. The van der Waals surface area contributed by atoms with Gasteiger partial charge in [0.25, 0.3) is 0 Å². The summed E-state index contributed by atoms with van der Waals surface area (Å²) in [6.07, 6.45) is 0.657. The first-order valence-corrected chi connectivity index (χ1v) is 8.49. The number of piperidine rings is 1. The molecule has 0 aliphatic carbocycles. The number of hydrogen-bond donors (Lipinski definition) is 3. The van der Waals surface area contributed by atoms with Crippen LogP contribution in [0, 0.1) is 0 Å². The molecule has 126 valence electrons. The van der Waals surface area contributed by atoms with E-state index < -0.39 is 27.6 Å². The Kier molecular flexibility index (Phi) is 4.73. The van der Waals surface area contributed by atoms with E-state index in [9.17, 15) is 18.0 Å². The van der Waals surface area contributed by atoms with Crippen molar-refractivity contribution < 1.29 is 23.1 Å². The second kappa shape index (κ2) is 6.26. The Labute approximate surface area is 134 Å². The van der Waals surface area contributed by atoms with Crippen LogP contribution in [0.4, 0.5) is 0 Å². The molecule has 0 atom stereocenters. The Balaban J connectivity index is 2.15. The highest BCUT2D eigenvalue weighted by atomic mass is 32.2. The summed E-state index contributed by atoms with van der Waals surface area (Å²) in [5.41, 5.74) is 6.36. The van der Waals surface area contributed by atoms with Gasteiger partial charge in [-0.2, -0.15) is 12.7 Å². The van der Waals surface area contributed by atoms with E-state index in [4.69, 9.17) is 10.8 Å². The van der Waals surface area contributed by atoms with Gasteiger partial charge in [0.2, 0.25) is 5.91 Å². The van der Waals surface area contributed by atoms with Crippen LogP contribution in [-0.4, -0.2) is 42.8 Å². The average molecular weight is 341 g/mol. The number of carboxylic acids is 1. The fourth-order valence-corrected chi connectivity index (χ4v) is 3.78. The van der Waals surface area contributed by atoms with Crippen molar-refractivity contribution in [3.05, 3.63) is 35.4 Å². The lowest BCUT2D eigenvalue weighted by Crippen LogP contribution is -2.52. The van der Waals surface area contributed by atoms with E-state index in [0.717, 1.165) is 6.92 Å². The monoisotopic (exact) mass is 341 g/mol. The quantitative estimate of drug-likeness (QED) is 0.707. The van der Waals surface area contributed by atoms with E-state index in [2.05, 4.69) is 0 Å². The molecule has 1 aromatic carbocycles. The zero-order valence-electron chi connectivity index (χ0n) is 12.7. The highest BCUT2D eigenvalue weighted by Crippen LogP contribution is 2.31. The van der Waals surface area contributed by atoms with Gasteiger partial charge in [-0.05, 0) is 30.5 Å². The van der Waals surface area contributed by atoms with Crippen molar-refractivity contribution in [3.8, 4) is 0 Å². The molecule has 0 spiro atoms. The average Bonchev–Trinajstić information content (AvgIpc) is 2.46. The van der Waals surface area contributed by atoms with E-state index in [1.165, 1.54) is 16.4 Å². The summed E-state index contributed by atoms with van der Waals surface area (Å²) in [5, 5.41) is 9.06. The van der Waals surface area contributed by atoms with E-state index in [0.29, 0.717) is 18.4 Å². The molecule has 1 aliphatic rings. The molecule has 1 fully saturated rings. The normalized spacial score (nSPS) is 18.3. The first-order chi connectivity index (χ1) is 10.6. The largest absolute Gasteiger partial charge is 0.478 e. The van der Waals surface area contributed by atoms with E-state index in [1.54, 1.807) is 12.1 Å². The van der Waals surface area contributed by atoms with E-state index >= 15 is 0 Å². The number of benzene rings is 1. The first kappa shape index (κ1) is 17.4. The molecular formula is C14H19N3O5S. The summed E-state index contributed by atoms with van der Waals surface area (Å²) in [5.74, 6) is -1.69. The maximum Gasteiger partial charge on any atom is 0.335 e. The van der Waals surface area contributed by atoms with Gasteiger partial charge in [0.1, 0.15) is 0 Å². The third-order valence-corrected chi connectivity index (χ3v) is 5.50. The maximum atomic E-state index is 12.0. The first-order valence-electron chi connectivity index (χ1n) is 7.05. The van der Waals surface area contributed by atoms with Crippen LogP contribution < -0.4 is 10.5 Å². The fourth-order valence-electron chi connectivity index (χ4n) is 2.62. The molecule has 8 nitrogen and oxygen atoms in total. The Bertz CT molecular complexity index is 724. The summed E-state index contributed by atoms with van der Waals surface area (Å²) in [4.78, 5) is 22.0. The predicted molar refractivity (Wildman–Crippen MR) is 82.8 cm³/mol.